The van der Waals surface area contributed by atoms with Crippen LogP contribution in [0.25, 0.3) is 0 Å². The van der Waals surface area contributed by atoms with Gasteiger partial charge in [0.2, 0.25) is 6.10 Å². The average Bonchev–Trinajstić information content (AvgIpc) is 2.71. The molecule has 3 rings (SSSR count). The first-order valence-electron chi connectivity index (χ1n) is 10.2. The first-order valence-corrected chi connectivity index (χ1v) is 10.2. The van der Waals surface area contributed by atoms with Crippen molar-refractivity contribution in [3.05, 3.63) is 45.1 Å². The minimum Gasteiger partial charge on any atom is -0.485 e. The lowest BCUT2D eigenvalue weighted by molar-refractivity contribution is -0.127. The Kier molecular flexibility index (Phi) is 6.49. The fourth-order valence-corrected chi connectivity index (χ4v) is 3.35. The maximum atomic E-state index is 13.4. The Morgan fingerprint density at radius 2 is 2.00 bits per heavy atom. The lowest BCUT2D eigenvalue weighted by Crippen LogP contribution is -2.50. The summed E-state index contributed by atoms with van der Waals surface area (Å²) in [6, 6.07) is 7.07. The van der Waals surface area contributed by atoms with Crippen molar-refractivity contribution < 1.29 is 14.3 Å². The van der Waals surface area contributed by atoms with Crippen LogP contribution in [-0.2, 0) is 11.3 Å². The molecule has 1 aromatic carbocycles. The molecule has 1 aromatic heterocycles. The summed E-state index contributed by atoms with van der Waals surface area (Å²) in [5, 5.41) is 0. The quantitative estimate of drug-likeness (QED) is 0.710. The van der Waals surface area contributed by atoms with Gasteiger partial charge in [-0.05, 0) is 24.5 Å². The Labute approximate surface area is 174 Å². The molecule has 1 aliphatic rings. The van der Waals surface area contributed by atoms with E-state index in [1.165, 1.54) is 9.47 Å². The van der Waals surface area contributed by atoms with Crippen molar-refractivity contribution in [2.24, 2.45) is 5.92 Å². The van der Waals surface area contributed by atoms with Gasteiger partial charge in [0, 0.05) is 13.1 Å². The molecule has 0 spiro atoms. The summed E-state index contributed by atoms with van der Waals surface area (Å²) in [6.45, 7) is 6.43. The number of aromatic amines is 1. The number of nitrogens with one attached hydrogen (secondary N) is 1. The van der Waals surface area contributed by atoms with Crippen LogP contribution in [0.3, 0.4) is 0 Å². The molecule has 1 aliphatic heterocycles. The van der Waals surface area contributed by atoms with E-state index in [9.17, 15) is 14.4 Å². The van der Waals surface area contributed by atoms with Crippen LogP contribution in [0.15, 0.2) is 33.9 Å². The minimum absolute atomic E-state index is 0.0116. The van der Waals surface area contributed by atoms with Gasteiger partial charge in [-0.15, -0.1) is 0 Å². The summed E-state index contributed by atoms with van der Waals surface area (Å²) in [7, 11) is 0. The smallest absolute Gasteiger partial charge is 0.330 e. The molecule has 2 aromatic rings. The zero-order chi connectivity index (χ0) is 21.8. The molecule has 9 nitrogen and oxygen atoms in total. The molecule has 0 saturated carbocycles. The number of H-pyrrole nitrogens is 1. The molecule has 0 fully saturated rings. The normalized spacial score (nSPS) is 15.3. The molecule has 0 aliphatic carbocycles. The van der Waals surface area contributed by atoms with E-state index in [4.69, 9.17) is 15.2 Å². The second-order valence-electron chi connectivity index (χ2n) is 7.71. The largest absolute Gasteiger partial charge is 0.485 e. The number of hydrogen-bond donors (Lipinski definition) is 2. The third-order valence-electron chi connectivity index (χ3n) is 4.82. The van der Waals surface area contributed by atoms with Gasteiger partial charge in [-0.25, -0.2) is 4.79 Å². The van der Waals surface area contributed by atoms with Gasteiger partial charge in [0.15, 0.2) is 17.2 Å². The molecular weight excluding hydrogens is 388 g/mol. The number of carbonyl (C=O) groups excluding carboxylic acids is 1. The number of unbranched alkanes of at least 4 members (excludes halogenated alkanes) is 1. The average molecular weight is 416 g/mol. The van der Waals surface area contributed by atoms with E-state index in [0.717, 1.165) is 6.42 Å². The van der Waals surface area contributed by atoms with Crippen molar-refractivity contribution in [1.82, 2.24) is 9.55 Å². The number of ether oxygens (including phenoxy) is 2. The van der Waals surface area contributed by atoms with Gasteiger partial charge in [0.25, 0.3) is 11.5 Å². The lowest BCUT2D eigenvalue weighted by atomic mass is 10.1. The summed E-state index contributed by atoms with van der Waals surface area (Å²) >= 11 is 0. The van der Waals surface area contributed by atoms with Gasteiger partial charge in [-0.2, -0.15) is 0 Å². The fourth-order valence-electron chi connectivity index (χ4n) is 3.35. The zero-order valence-corrected chi connectivity index (χ0v) is 17.5. The highest BCUT2D eigenvalue weighted by Gasteiger charge is 2.34. The van der Waals surface area contributed by atoms with E-state index < -0.39 is 23.3 Å². The predicted octanol–water partition coefficient (Wildman–Crippen LogP) is 1.75. The molecule has 2 heterocycles. The number of anilines is 2. The van der Waals surface area contributed by atoms with Crippen LogP contribution in [-0.4, -0.2) is 34.7 Å². The Hall–Kier alpha value is -3.23. The number of para-hydroxylation sites is 2. The van der Waals surface area contributed by atoms with Crippen LogP contribution >= 0.6 is 0 Å². The lowest BCUT2D eigenvalue weighted by Gasteiger charge is -2.32. The van der Waals surface area contributed by atoms with Crippen LogP contribution in [0.1, 0.15) is 33.6 Å². The molecule has 1 amide bonds. The maximum absolute atomic E-state index is 13.4. The van der Waals surface area contributed by atoms with E-state index in [0.29, 0.717) is 24.5 Å². The van der Waals surface area contributed by atoms with Crippen molar-refractivity contribution in [1.29, 1.82) is 0 Å². The summed E-state index contributed by atoms with van der Waals surface area (Å²) in [6.07, 6.45) is 0.625. The predicted molar refractivity (Wildman–Crippen MR) is 114 cm³/mol. The highest BCUT2D eigenvalue weighted by molar-refractivity contribution is 5.99. The Bertz CT molecular complexity index is 1030. The SMILES string of the molecule is CCCCn1c(N)c(N(CC(C)C)C(=O)[C@@H]2COc3ccccc3O2)c(=O)[nH]c1=O. The monoisotopic (exact) mass is 416 g/mol. The fraction of sp³-hybridized carbons (Fsp3) is 0.476. The third kappa shape index (κ3) is 4.34. The molecular formula is C21H28N4O5. The summed E-state index contributed by atoms with van der Waals surface area (Å²) in [5.74, 6) is 0.587. The van der Waals surface area contributed by atoms with Crippen molar-refractivity contribution >= 4 is 17.4 Å². The van der Waals surface area contributed by atoms with Gasteiger partial charge in [-0.1, -0.05) is 39.3 Å². The highest BCUT2D eigenvalue weighted by atomic mass is 16.6. The Morgan fingerprint density at radius 3 is 2.67 bits per heavy atom. The molecule has 30 heavy (non-hydrogen) atoms. The van der Waals surface area contributed by atoms with E-state index in [2.05, 4.69) is 4.98 Å². The van der Waals surface area contributed by atoms with E-state index in [-0.39, 0.29) is 30.6 Å². The number of nitrogens with two attached hydrogens (primary N) is 1. The Morgan fingerprint density at radius 1 is 1.30 bits per heavy atom. The molecule has 3 N–H and O–H groups in total. The summed E-state index contributed by atoms with van der Waals surface area (Å²) in [5.41, 5.74) is 4.90. The molecule has 1 atom stereocenters. The van der Waals surface area contributed by atoms with Crippen molar-refractivity contribution in [2.45, 2.75) is 46.3 Å². The van der Waals surface area contributed by atoms with Crippen molar-refractivity contribution in [2.75, 3.05) is 23.8 Å². The van der Waals surface area contributed by atoms with Gasteiger partial charge >= 0.3 is 5.69 Å². The number of nitrogens with zero attached hydrogens (tertiary/aromatic N) is 2. The first kappa shape index (κ1) is 21.5. The van der Waals surface area contributed by atoms with Gasteiger partial charge < -0.3 is 20.1 Å². The number of hydrogen-bond acceptors (Lipinski definition) is 6. The second-order valence-corrected chi connectivity index (χ2v) is 7.71. The summed E-state index contributed by atoms with van der Waals surface area (Å²) in [4.78, 5) is 41.9. The van der Waals surface area contributed by atoms with E-state index in [1.807, 2.05) is 26.8 Å². The number of carbonyl (C=O) groups is 1. The molecule has 9 heteroatoms. The Balaban J connectivity index is 2.00. The van der Waals surface area contributed by atoms with Gasteiger partial charge in [0.1, 0.15) is 12.4 Å². The van der Waals surface area contributed by atoms with Gasteiger partial charge in [0.05, 0.1) is 0 Å². The number of nitrogen functional groups attached to an aromatic ring is 1. The van der Waals surface area contributed by atoms with Crippen LogP contribution in [0, 0.1) is 5.92 Å². The molecule has 0 radical (unpaired) electrons. The van der Waals surface area contributed by atoms with Crippen LogP contribution < -0.4 is 31.4 Å². The van der Waals surface area contributed by atoms with Crippen molar-refractivity contribution in [3.8, 4) is 11.5 Å². The maximum Gasteiger partial charge on any atom is 0.330 e. The van der Waals surface area contributed by atoms with Gasteiger partial charge in [-0.3, -0.25) is 19.1 Å². The van der Waals surface area contributed by atoms with Crippen molar-refractivity contribution in [3.63, 3.8) is 0 Å². The number of benzene rings is 1. The highest BCUT2D eigenvalue weighted by Crippen LogP contribution is 2.32. The number of amides is 1. The van der Waals surface area contributed by atoms with Crippen LogP contribution in [0.2, 0.25) is 0 Å². The van der Waals surface area contributed by atoms with Crippen LogP contribution in [0.4, 0.5) is 11.5 Å². The number of rotatable bonds is 7. The van der Waals surface area contributed by atoms with E-state index >= 15 is 0 Å². The molecule has 162 valence electrons. The number of fused-ring (bicyclic) bond motifs is 1. The number of aromatic nitrogens is 2. The second kappa shape index (κ2) is 9.06. The zero-order valence-electron chi connectivity index (χ0n) is 17.5. The molecule has 0 bridgehead atoms. The topological polar surface area (TPSA) is 120 Å². The van der Waals surface area contributed by atoms with Crippen LogP contribution in [0.5, 0.6) is 11.5 Å². The first-order chi connectivity index (χ1) is 14.3. The molecule has 0 saturated heterocycles. The third-order valence-corrected chi connectivity index (χ3v) is 4.82. The summed E-state index contributed by atoms with van der Waals surface area (Å²) < 4.78 is 12.8. The minimum atomic E-state index is -0.937. The standard InChI is InChI=1S/C21H28N4O5/c1-4-5-10-24-18(22)17(19(26)23-21(24)28)25(11-13(2)3)20(27)16-12-29-14-8-6-7-9-15(14)30-16/h6-9,13,16H,4-5,10-12,22H2,1-3H3,(H,23,26,28)/t16-/m0/s1. The van der Waals surface area contributed by atoms with E-state index in [1.54, 1.807) is 18.2 Å². The molecule has 0 unspecified atom stereocenters.